The second kappa shape index (κ2) is 7.35. The highest BCUT2D eigenvalue weighted by Gasteiger charge is 2.32. The summed E-state index contributed by atoms with van der Waals surface area (Å²) in [6.07, 6.45) is 6.72. The minimum absolute atomic E-state index is 0.0646. The molecule has 0 aliphatic carbocycles. The van der Waals surface area contributed by atoms with Crippen LogP contribution in [-0.2, 0) is 0 Å². The van der Waals surface area contributed by atoms with Crippen molar-refractivity contribution in [3.8, 4) is 11.9 Å². The van der Waals surface area contributed by atoms with Gasteiger partial charge in [-0.3, -0.25) is 5.43 Å². The van der Waals surface area contributed by atoms with E-state index in [-0.39, 0.29) is 18.1 Å². The van der Waals surface area contributed by atoms with Crippen LogP contribution < -0.4 is 21.5 Å². The number of hydrazine groups is 1. The van der Waals surface area contributed by atoms with Gasteiger partial charge in [-0.05, 0) is 18.9 Å². The number of anilines is 1. The first kappa shape index (κ1) is 16.3. The Morgan fingerprint density at radius 1 is 1.42 bits per heavy atom. The molecule has 2 aromatic heterocycles. The second-order valence-corrected chi connectivity index (χ2v) is 5.81. The number of nitrogens with two attached hydrogens (primary N) is 1. The lowest BCUT2D eigenvalue weighted by Gasteiger charge is -2.19. The Morgan fingerprint density at radius 3 is 3.04 bits per heavy atom. The van der Waals surface area contributed by atoms with Crippen molar-refractivity contribution in [2.75, 3.05) is 18.5 Å². The number of nitrogens with zero attached hydrogens (tertiary/aromatic N) is 6. The van der Waals surface area contributed by atoms with Gasteiger partial charge in [-0.25, -0.2) is 15.1 Å². The van der Waals surface area contributed by atoms with Gasteiger partial charge in [-0.15, -0.1) is 0 Å². The number of hydrogen-bond donors (Lipinski definition) is 3. The molecule has 1 aliphatic heterocycles. The maximum atomic E-state index is 9.17. The quantitative estimate of drug-likeness (QED) is 0.666. The summed E-state index contributed by atoms with van der Waals surface area (Å²) in [5, 5.41) is 13.3. The average molecular weight is 327 g/mol. The first-order valence-corrected chi connectivity index (χ1v) is 7.89. The molecule has 3 unspecified atom stereocenters. The Hall–Kier alpha value is -2.54. The van der Waals surface area contributed by atoms with Gasteiger partial charge in [0.2, 0.25) is 5.95 Å². The van der Waals surface area contributed by atoms with Crippen molar-refractivity contribution in [2.45, 2.75) is 25.0 Å². The minimum Gasteiger partial charge on any atom is -0.344 e. The van der Waals surface area contributed by atoms with Crippen LogP contribution in [-0.4, -0.2) is 45.5 Å². The van der Waals surface area contributed by atoms with E-state index in [2.05, 4.69) is 32.0 Å². The molecule has 3 heterocycles. The highest BCUT2D eigenvalue weighted by atomic mass is 15.5. The summed E-state index contributed by atoms with van der Waals surface area (Å²) >= 11 is 0. The molecular formula is C15H21N9. The van der Waals surface area contributed by atoms with Gasteiger partial charge >= 0.3 is 0 Å². The average Bonchev–Trinajstić information content (AvgIpc) is 3.25. The summed E-state index contributed by atoms with van der Waals surface area (Å²) in [6, 6.07) is 5.99. The molecule has 3 rings (SSSR count). The zero-order chi connectivity index (χ0) is 16.9. The van der Waals surface area contributed by atoms with E-state index < -0.39 is 0 Å². The van der Waals surface area contributed by atoms with Crippen LogP contribution in [0.3, 0.4) is 0 Å². The molecule has 1 fully saturated rings. The molecule has 24 heavy (non-hydrogen) atoms. The van der Waals surface area contributed by atoms with Gasteiger partial charge in [-0.2, -0.15) is 15.3 Å². The molecule has 0 bridgehead atoms. The van der Waals surface area contributed by atoms with Gasteiger partial charge in [0.15, 0.2) is 5.82 Å². The number of nitrogens with one attached hydrogen (secondary N) is 2. The third-order valence-corrected chi connectivity index (χ3v) is 4.12. The number of rotatable bonds is 6. The van der Waals surface area contributed by atoms with Gasteiger partial charge in [0, 0.05) is 44.3 Å². The smallest absolute Gasteiger partial charge is 0.227 e. The van der Waals surface area contributed by atoms with Crippen LogP contribution in [0.4, 0.5) is 5.95 Å². The number of hydrogen-bond acceptors (Lipinski definition) is 8. The van der Waals surface area contributed by atoms with E-state index in [0.717, 1.165) is 25.2 Å². The Labute approximate surface area is 140 Å². The van der Waals surface area contributed by atoms with Crippen molar-refractivity contribution in [1.29, 1.82) is 5.26 Å². The monoisotopic (exact) mass is 327 g/mol. The van der Waals surface area contributed by atoms with E-state index in [9.17, 15) is 0 Å². The summed E-state index contributed by atoms with van der Waals surface area (Å²) < 4.78 is 1.70. The molecule has 1 aliphatic rings. The van der Waals surface area contributed by atoms with Crippen molar-refractivity contribution in [2.24, 2.45) is 11.7 Å². The zero-order valence-electron chi connectivity index (χ0n) is 13.5. The standard InChI is InChI=1S/C15H21N9/c1-23(8-2-4-12-11(10-16)14(17)22-21-12)15-18-7-5-13(20-15)24-9-3-6-19-24/h3,5-7,9,11-12,14,21-22H,2,4,8,17H2,1H3. The van der Waals surface area contributed by atoms with Crippen LogP contribution in [0.2, 0.25) is 0 Å². The largest absolute Gasteiger partial charge is 0.344 e. The molecule has 0 aromatic carbocycles. The predicted molar refractivity (Wildman–Crippen MR) is 88.8 cm³/mol. The molecule has 9 heteroatoms. The van der Waals surface area contributed by atoms with E-state index in [0.29, 0.717) is 5.95 Å². The van der Waals surface area contributed by atoms with Crippen LogP contribution in [0.5, 0.6) is 0 Å². The molecule has 0 spiro atoms. The van der Waals surface area contributed by atoms with Crippen LogP contribution in [0, 0.1) is 17.2 Å². The van der Waals surface area contributed by atoms with Crippen molar-refractivity contribution < 1.29 is 0 Å². The first-order chi connectivity index (χ1) is 11.7. The molecule has 1 saturated heterocycles. The lowest BCUT2D eigenvalue weighted by molar-refractivity contribution is 0.463. The lowest BCUT2D eigenvalue weighted by atomic mass is 9.97. The van der Waals surface area contributed by atoms with E-state index in [4.69, 9.17) is 11.0 Å². The number of aromatic nitrogens is 4. The van der Waals surface area contributed by atoms with Gasteiger partial charge < -0.3 is 10.6 Å². The van der Waals surface area contributed by atoms with E-state index in [1.54, 1.807) is 17.1 Å². The molecule has 2 aromatic rings. The van der Waals surface area contributed by atoms with Crippen LogP contribution >= 0.6 is 0 Å². The first-order valence-electron chi connectivity index (χ1n) is 7.89. The lowest BCUT2D eigenvalue weighted by Crippen LogP contribution is -2.38. The third kappa shape index (κ3) is 3.51. The van der Waals surface area contributed by atoms with Crippen molar-refractivity contribution in [1.82, 2.24) is 30.6 Å². The zero-order valence-corrected chi connectivity index (χ0v) is 13.5. The Balaban J connectivity index is 1.55. The van der Waals surface area contributed by atoms with Crippen LogP contribution in [0.25, 0.3) is 5.82 Å². The highest BCUT2D eigenvalue weighted by molar-refractivity contribution is 5.33. The maximum absolute atomic E-state index is 9.17. The molecule has 9 nitrogen and oxygen atoms in total. The molecule has 0 amide bonds. The normalized spacial score (nSPS) is 23.1. The fourth-order valence-corrected chi connectivity index (χ4v) is 2.76. The summed E-state index contributed by atoms with van der Waals surface area (Å²) in [4.78, 5) is 10.8. The van der Waals surface area contributed by atoms with Gasteiger partial charge in [0.25, 0.3) is 0 Å². The number of nitriles is 1. The maximum Gasteiger partial charge on any atom is 0.227 e. The van der Waals surface area contributed by atoms with Crippen LogP contribution in [0.15, 0.2) is 30.7 Å². The van der Waals surface area contributed by atoms with Gasteiger partial charge in [0.1, 0.15) is 0 Å². The molecule has 126 valence electrons. The fourth-order valence-electron chi connectivity index (χ4n) is 2.76. The molecule has 0 saturated carbocycles. The fraction of sp³-hybridized carbons (Fsp3) is 0.467. The summed E-state index contributed by atoms with van der Waals surface area (Å²) in [5.74, 6) is 1.16. The second-order valence-electron chi connectivity index (χ2n) is 5.81. The Bertz CT molecular complexity index is 693. The van der Waals surface area contributed by atoms with Crippen LogP contribution in [0.1, 0.15) is 12.8 Å². The van der Waals surface area contributed by atoms with Gasteiger partial charge in [0.05, 0.1) is 18.2 Å². The Morgan fingerprint density at radius 2 is 2.29 bits per heavy atom. The van der Waals surface area contributed by atoms with Crippen molar-refractivity contribution >= 4 is 5.95 Å². The topological polar surface area (TPSA) is 121 Å². The SMILES string of the molecule is CN(CCCC1NNC(N)C1C#N)c1nccc(-n2cccn2)n1. The highest BCUT2D eigenvalue weighted by Crippen LogP contribution is 2.16. The van der Waals surface area contributed by atoms with E-state index in [1.165, 1.54) is 0 Å². The van der Waals surface area contributed by atoms with E-state index >= 15 is 0 Å². The molecule has 4 N–H and O–H groups in total. The summed E-state index contributed by atoms with van der Waals surface area (Å²) in [6.45, 7) is 0.786. The third-order valence-electron chi connectivity index (χ3n) is 4.12. The van der Waals surface area contributed by atoms with Gasteiger partial charge in [-0.1, -0.05) is 0 Å². The molecule has 3 atom stereocenters. The molecule has 0 radical (unpaired) electrons. The van der Waals surface area contributed by atoms with Crippen molar-refractivity contribution in [3.63, 3.8) is 0 Å². The summed E-state index contributed by atoms with van der Waals surface area (Å²) in [5.41, 5.74) is 11.8. The minimum atomic E-state index is -0.313. The summed E-state index contributed by atoms with van der Waals surface area (Å²) in [7, 11) is 1.95. The molecular weight excluding hydrogens is 306 g/mol. The van der Waals surface area contributed by atoms with E-state index in [1.807, 2.05) is 30.3 Å². The Kier molecular flexibility index (Phi) is 5.00. The van der Waals surface area contributed by atoms with Crippen molar-refractivity contribution in [3.05, 3.63) is 30.7 Å². The predicted octanol–water partition coefficient (Wildman–Crippen LogP) is -0.220.